The second-order valence-electron chi connectivity index (χ2n) is 4.62. The van der Waals surface area contributed by atoms with Crippen molar-refractivity contribution in [2.75, 3.05) is 24.2 Å². The molecule has 0 aromatic heterocycles. The molecule has 1 rings (SSSR count). The van der Waals surface area contributed by atoms with Crippen LogP contribution in [-0.2, 0) is 11.3 Å². The molecule has 0 bridgehead atoms. The SMILES string of the molecule is CC(C)CN(CCI)COCc1ccccc1. The number of alkyl halides is 1. The highest BCUT2D eigenvalue weighted by molar-refractivity contribution is 14.1. The van der Waals surface area contributed by atoms with Gasteiger partial charge in [-0.05, 0) is 11.5 Å². The zero-order valence-corrected chi connectivity index (χ0v) is 12.9. The lowest BCUT2D eigenvalue weighted by molar-refractivity contribution is 0.0168. The molecule has 0 spiro atoms. The molecule has 0 aliphatic rings. The summed E-state index contributed by atoms with van der Waals surface area (Å²) in [5, 5.41) is 0. The Bertz CT molecular complexity index is 290. The lowest BCUT2D eigenvalue weighted by atomic mass is 10.2. The second-order valence-corrected chi connectivity index (χ2v) is 5.70. The van der Waals surface area contributed by atoms with E-state index in [1.54, 1.807) is 0 Å². The smallest absolute Gasteiger partial charge is 0.0995 e. The Morgan fingerprint density at radius 1 is 1.24 bits per heavy atom. The third-order valence-electron chi connectivity index (χ3n) is 2.41. The summed E-state index contributed by atoms with van der Waals surface area (Å²) in [6.07, 6.45) is 0. The van der Waals surface area contributed by atoms with Crippen molar-refractivity contribution in [3.8, 4) is 0 Å². The molecule has 0 heterocycles. The highest BCUT2D eigenvalue weighted by Crippen LogP contribution is 2.04. The molecule has 17 heavy (non-hydrogen) atoms. The zero-order valence-electron chi connectivity index (χ0n) is 10.7. The maximum absolute atomic E-state index is 5.76. The first-order valence-electron chi connectivity index (χ1n) is 6.12. The van der Waals surface area contributed by atoms with Crippen molar-refractivity contribution in [1.82, 2.24) is 4.90 Å². The molecule has 0 aliphatic carbocycles. The van der Waals surface area contributed by atoms with Crippen molar-refractivity contribution in [1.29, 1.82) is 0 Å². The molecule has 1 aromatic rings. The highest BCUT2D eigenvalue weighted by Gasteiger charge is 2.06. The van der Waals surface area contributed by atoms with Crippen LogP contribution in [0.15, 0.2) is 30.3 Å². The number of ether oxygens (including phenoxy) is 1. The summed E-state index contributed by atoms with van der Waals surface area (Å²) in [4.78, 5) is 2.38. The van der Waals surface area contributed by atoms with Crippen LogP contribution >= 0.6 is 22.6 Å². The first kappa shape index (κ1) is 14.9. The van der Waals surface area contributed by atoms with E-state index in [9.17, 15) is 0 Å². The van der Waals surface area contributed by atoms with E-state index in [4.69, 9.17) is 4.74 Å². The monoisotopic (exact) mass is 347 g/mol. The molecule has 0 unspecified atom stereocenters. The summed E-state index contributed by atoms with van der Waals surface area (Å²) in [5.74, 6) is 0.693. The lowest BCUT2D eigenvalue weighted by Crippen LogP contribution is -2.31. The Morgan fingerprint density at radius 3 is 2.53 bits per heavy atom. The van der Waals surface area contributed by atoms with Crippen LogP contribution in [0.4, 0.5) is 0 Å². The van der Waals surface area contributed by atoms with Gasteiger partial charge in [0.15, 0.2) is 0 Å². The fourth-order valence-corrected chi connectivity index (χ4v) is 2.39. The van der Waals surface area contributed by atoms with Gasteiger partial charge in [-0.15, -0.1) is 0 Å². The minimum absolute atomic E-state index is 0.693. The maximum atomic E-state index is 5.76. The van der Waals surface area contributed by atoms with Gasteiger partial charge < -0.3 is 4.74 Å². The van der Waals surface area contributed by atoms with E-state index < -0.39 is 0 Å². The van der Waals surface area contributed by atoms with Gasteiger partial charge in [-0.1, -0.05) is 66.8 Å². The summed E-state index contributed by atoms with van der Waals surface area (Å²) in [7, 11) is 0. The normalized spacial score (nSPS) is 11.4. The first-order chi connectivity index (χ1) is 8.22. The van der Waals surface area contributed by atoms with E-state index in [-0.39, 0.29) is 0 Å². The highest BCUT2D eigenvalue weighted by atomic mass is 127. The minimum Gasteiger partial charge on any atom is -0.361 e. The number of benzene rings is 1. The van der Waals surface area contributed by atoms with Gasteiger partial charge >= 0.3 is 0 Å². The van der Waals surface area contributed by atoms with E-state index in [0.717, 1.165) is 24.2 Å². The van der Waals surface area contributed by atoms with Gasteiger partial charge in [0.25, 0.3) is 0 Å². The first-order valence-corrected chi connectivity index (χ1v) is 7.65. The van der Waals surface area contributed by atoms with Gasteiger partial charge in [0.2, 0.25) is 0 Å². The Kier molecular flexibility index (Phi) is 7.81. The van der Waals surface area contributed by atoms with E-state index in [1.807, 2.05) is 6.07 Å². The van der Waals surface area contributed by atoms with Crippen molar-refractivity contribution in [3.63, 3.8) is 0 Å². The molecule has 0 radical (unpaired) electrons. The lowest BCUT2D eigenvalue weighted by Gasteiger charge is -2.23. The molecule has 3 heteroatoms. The molecular weight excluding hydrogens is 325 g/mol. The Labute approximate surface area is 118 Å². The summed E-state index contributed by atoms with van der Waals surface area (Å²) in [6.45, 7) is 8.15. The molecule has 0 fully saturated rings. The van der Waals surface area contributed by atoms with Gasteiger partial charge in [0, 0.05) is 17.5 Å². The number of rotatable bonds is 8. The molecule has 0 atom stereocenters. The van der Waals surface area contributed by atoms with Crippen LogP contribution in [0.1, 0.15) is 19.4 Å². The predicted molar refractivity (Wildman–Crippen MR) is 81.4 cm³/mol. The van der Waals surface area contributed by atoms with Crippen LogP contribution in [0, 0.1) is 5.92 Å². The molecule has 2 nitrogen and oxygen atoms in total. The Morgan fingerprint density at radius 2 is 1.94 bits per heavy atom. The third kappa shape index (κ3) is 7.01. The van der Waals surface area contributed by atoms with Crippen LogP contribution in [-0.4, -0.2) is 29.1 Å². The molecule has 96 valence electrons. The van der Waals surface area contributed by atoms with Gasteiger partial charge in [0.1, 0.15) is 0 Å². The van der Waals surface area contributed by atoms with Crippen molar-refractivity contribution in [3.05, 3.63) is 35.9 Å². The van der Waals surface area contributed by atoms with Crippen LogP contribution < -0.4 is 0 Å². The number of hydrogen-bond acceptors (Lipinski definition) is 2. The average Bonchev–Trinajstić information content (AvgIpc) is 2.30. The number of hydrogen-bond donors (Lipinski definition) is 0. The van der Waals surface area contributed by atoms with Gasteiger partial charge in [-0.3, -0.25) is 4.90 Å². The fraction of sp³-hybridized carbons (Fsp3) is 0.571. The quantitative estimate of drug-likeness (QED) is 0.405. The zero-order chi connectivity index (χ0) is 12.5. The summed E-state index contributed by atoms with van der Waals surface area (Å²) in [5.41, 5.74) is 1.24. The summed E-state index contributed by atoms with van der Waals surface area (Å²) >= 11 is 2.42. The number of nitrogens with zero attached hydrogens (tertiary/aromatic N) is 1. The largest absolute Gasteiger partial charge is 0.361 e. The molecule has 1 aromatic carbocycles. The predicted octanol–water partition coefficient (Wildman–Crippen LogP) is 3.55. The number of halogens is 1. The van der Waals surface area contributed by atoms with Crippen LogP contribution in [0.5, 0.6) is 0 Å². The van der Waals surface area contributed by atoms with Gasteiger partial charge in [-0.25, -0.2) is 0 Å². The van der Waals surface area contributed by atoms with Crippen LogP contribution in [0.2, 0.25) is 0 Å². The van der Waals surface area contributed by atoms with Gasteiger partial charge in [-0.2, -0.15) is 0 Å². The maximum Gasteiger partial charge on any atom is 0.0995 e. The topological polar surface area (TPSA) is 12.5 Å². The summed E-state index contributed by atoms with van der Waals surface area (Å²) in [6, 6.07) is 10.3. The third-order valence-corrected chi connectivity index (χ3v) is 2.89. The molecule has 0 saturated heterocycles. The standard InChI is InChI=1S/C14H22INO/c1-13(2)10-16(9-8-15)12-17-11-14-6-4-3-5-7-14/h3-7,13H,8-12H2,1-2H3. The van der Waals surface area contributed by atoms with E-state index in [1.165, 1.54) is 5.56 Å². The van der Waals surface area contributed by atoms with Crippen molar-refractivity contribution in [2.24, 2.45) is 5.92 Å². The molecule has 0 saturated carbocycles. The van der Waals surface area contributed by atoms with Crippen molar-refractivity contribution in [2.45, 2.75) is 20.5 Å². The molecule has 0 N–H and O–H groups in total. The van der Waals surface area contributed by atoms with Crippen LogP contribution in [0.25, 0.3) is 0 Å². The van der Waals surface area contributed by atoms with E-state index >= 15 is 0 Å². The minimum atomic E-state index is 0.693. The van der Waals surface area contributed by atoms with Crippen molar-refractivity contribution >= 4 is 22.6 Å². The Balaban J connectivity index is 2.26. The fourth-order valence-electron chi connectivity index (χ4n) is 1.71. The molecule has 0 aliphatic heterocycles. The average molecular weight is 347 g/mol. The van der Waals surface area contributed by atoms with E-state index in [0.29, 0.717) is 12.5 Å². The summed E-state index contributed by atoms with van der Waals surface area (Å²) < 4.78 is 6.91. The Hall–Kier alpha value is -0.130. The van der Waals surface area contributed by atoms with Crippen LogP contribution in [0.3, 0.4) is 0 Å². The second kappa shape index (κ2) is 8.89. The molecular formula is C14H22INO. The van der Waals surface area contributed by atoms with E-state index in [2.05, 4.69) is 65.6 Å². The molecule has 0 amide bonds. The van der Waals surface area contributed by atoms with Crippen molar-refractivity contribution < 1.29 is 4.74 Å². The van der Waals surface area contributed by atoms with Gasteiger partial charge in [0.05, 0.1) is 13.3 Å².